The van der Waals surface area contributed by atoms with Crippen LogP contribution in [0.4, 0.5) is 0 Å². The molecule has 3 rings (SSSR count). The van der Waals surface area contributed by atoms with Crippen molar-refractivity contribution in [3.05, 3.63) is 65.2 Å². The predicted octanol–water partition coefficient (Wildman–Crippen LogP) is 3.97. The number of hydrogen-bond acceptors (Lipinski definition) is 2. The average Bonchev–Trinajstić information content (AvgIpc) is 2.93. The minimum atomic E-state index is 0.348. The van der Waals surface area contributed by atoms with Crippen LogP contribution < -0.4 is 5.73 Å². The van der Waals surface area contributed by atoms with E-state index in [0.717, 1.165) is 0 Å². The van der Waals surface area contributed by atoms with Crippen LogP contribution in [-0.4, -0.2) is 6.54 Å². The van der Waals surface area contributed by atoms with E-state index >= 15 is 0 Å². The Hall–Kier alpha value is -1.25. The Morgan fingerprint density at radius 1 is 1.00 bits per heavy atom. The first-order chi connectivity index (χ1) is 9.36. The van der Waals surface area contributed by atoms with E-state index in [-0.39, 0.29) is 0 Å². The second-order valence-electron chi connectivity index (χ2n) is 5.04. The van der Waals surface area contributed by atoms with Gasteiger partial charge >= 0.3 is 0 Å². The van der Waals surface area contributed by atoms with Gasteiger partial charge in [0.2, 0.25) is 0 Å². The van der Waals surface area contributed by atoms with Crippen LogP contribution in [0.2, 0.25) is 0 Å². The second-order valence-corrected chi connectivity index (χ2v) is 6.31. The second kappa shape index (κ2) is 5.81. The van der Waals surface area contributed by atoms with Crippen molar-refractivity contribution in [2.24, 2.45) is 5.73 Å². The maximum absolute atomic E-state index is 5.94. The zero-order chi connectivity index (χ0) is 13.1. The summed E-state index contributed by atoms with van der Waals surface area (Å²) in [6, 6.07) is 17.5. The topological polar surface area (TPSA) is 26.0 Å². The SMILES string of the molecule is NCC(Sc1ccc2c(c1)CCC2)c1ccccc1. The first kappa shape index (κ1) is 12.8. The number of aryl methyl sites for hydroxylation is 2. The Labute approximate surface area is 119 Å². The molecule has 0 fully saturated rings. The highest BCUT2D eigenvalue weighted by atomic mass is 32.2. The molecule has 1 unspecified atom stereocenters. The van der Waals surface area contributed by atoms with E-state index in [1.165, 1.54) is 40.8 Å². The summed E-state index contributed by atoms with van der Waals surface area (Å²) in [5.74, 6) is 0. The third-order valence-corrected chi connectivity index (χ3v) is 5.01. The monoisotopic (exact) mass is 269 g/mol. The summed E-state index contributed by atoms with van der Waals surface area (Å²) < 4.78 is 0. The van der Waals surface area contributed by atoms with Gasteiger partial charge in [-0.3, -0.25) is 0 Å². The Morgan fingerprint density at radius 3 is 2.58 bits per heavy atom. The van der Waals surface area contributed by atoms with E-state index in [1.54, 1.807) is 0 Å². The maximum atomic E-state index is 5.94. The molecular weight excluding hydrogens is 250 g/mol. The molecule has 0 aliphatic heterocycles. The van der Waals surface area contributed by atoms with Crippen LogP contribution in [0.1, 0.15) is 28.4 Å². The molecule has 0 saturated heterocycles. The van der Waals surface area contributed by atoms with Crippen molar-refractivity contribution in [3.63, 3.8) is 0 Å². The maximum Gasteiger partial charge on any atom is 0.0466 e. The first-order valence-corrected chi connectivity index (χ1v) is 7.78. The summed E-state index contributed by atoms with van der Waals surface area (Å²) in [6.07, 6.45) is 3.80. The lowest BCUT2D eigenvalue weighted by molar-refractivity contribution is 0.911. The molecular formula is C17H19NS. The molecule has 2 aromatic carbocycles. The van der Waals surface area contributed by atoms with Gasteiger partial charge in [-0.1, -0.05) is 36.4 Å². The highest BCUT2D eigenvalue weighted by Gasteiger charge is 2.14. The summed E-state index contributed by atoms with van der Waals surface area (Å²) in [4.78, 5) is 1.35. The lowest BCUT2D eigenvalue weighted by Gasteiger charge is -2.15. The molecule has 0 bridgehead atoms. The van der Waals surface area contributed by atoms with Crippen molar-refractivity contribution in [2.75, 3.05) is 6.54 Å². The standard InChI is InChI=1S/C17H19NS/c18-12-17(14-5-2-1-3-6-14)19-16-10-9-13-7-4-8-15(13)11-16/h1-3,5-6,9-11,17H,4,7-8,12,18H2. The number of nitrogens with two attached hydrogens (primary N) is 1. The summed E-state index contributed by atoms with van der Waals surface area (Å²) in [5.41, 5.74) is 10.3. The van der Waals surface area contributed by atoms with E-state index in [1.807, 2.05) is 11.8 Å². The first-order valence-electron chi connectivity index (χ1n) is 6.90. The highest BCUT2D eigenvalue weighted by Crippen LogP contribution is 2.36. The third kappa shape index (κ3) is 2.85. The van der Waals surface area contributed by atoms with Gasteiger partial charge in [0.15, 0.2) is 0 Å². The molecule has 0 saturated carbocycles. The molecule has 1 aliphatic carbocycles. The van der Waals surface area contributed by atoms with Gasteiger partial charge in [-0.05, 0) is 48.1 Å². The van der Waals surface area contributed by atoms with Crippen LogP contribution in [0.3, 0.4) is 0 Å². The molecule has 1 aliphatic rings. The van der Waals surface area contributed by atoms with Gasteiger partial charge in [-0.15, -0.1) is 11.8 Å². The zero-order valence-electron chi connectivity index (χ0n) is 11.0. The molecule has 0 spiro atoms. The largest absolute Gasteiger partial charge is 0.329 e. The minimum absolute atomic E-state index is 0.348. The van der Waals surface area contributed by atoms with E-state index in [4.69, 9.17) is 5.73 Å². The molecule has 1 nitrogen and oxygen atoms in total. The van der Waals surface area contributed by atoms with Crippen LogP contribution in [0.5, 0.6) is 0 Å². The lowest BCUT2D eigenvalue weighted by atomic mass is 10.1. The van der Waals surface area contributed by atoms with Gasteiger partial charge < -0.3 is 5.73 Å². The molecule has 0 amide bonds. The molecule has 98 valence electrons. The minimum Gasteiger partial charge on any atom is -0.329 e. The van der Waals surface area contributed by atoms with Crippen LogP contribution in [0.25, 0.3) is 0 Å². The predicted molar refractivity (Wildman–Crippen MR) is 82.6 cm³/mol. The van der Waals surface area contributed by atoms with Gasteiger partial charge in [0.05, 0.1) is 0 Å². The van der Waals surface area contributed by atoms with Crippen molar-refractivity contribution >= 4 is 11.8 Å². The molecule has 0 heterocycles. The van der Waals surface area contributed by atoms with Gasteiger partial charge in [-0.2, -0.15) is 0 Å². The molecule has 2 heteroatoms. The van der Waals surface area contributed by atoms with Gasteiger partial charge in [-0.25, -0.2) is 0 Å². The molecule has 2 N–H and O–H groups in total. The Kier molecular flexibility index (Phi) is 3.90. The Bertz CT molecular complexity index is 550. The smallest absolute Gasteiger partial charge is 0.0466 e. The van der Waals surface area contributed by atoms with E-state index in [0.29, 0.717) is 11.8 Å². The lowest BCUT2D eigenvalue weighted by Crippen LogP contribution is -2.09. The number of hydrogen-bond donors (Lipinski definition) is 1. The van der Waals surface area contributed by atoms with Crippen molar-refractivity contribution in [2.45, 2.75) is 29.4 Å². The van der Waals surface area contributed by atoms with Gasteiger partial charge in [0.25, 0.3) is 0 Å². The number of rotatable bonds is 4. The van der Waals surface area contributed by atoms with Crippen LogP contribution >= 0.6 is 11.8 Å². The molecule has 0 aromatic heterocycles. The third-order valence-electron chi connectivity index (χ3n) is 3.73. The van der Waals surface area contributed by atoms with Crippen molar-refractivity contribution < 1.29 is 0 Å². The fourth-order valence-electron chi connectivity index (χ4n) is 2.71. The van der Waals surface area contributed by atoms with Gasteiger partial charge in [0.1, 0.15) is 0 Å². The van der Waals surface area contributed by atoms with E-state index in [9.17, 15) is 0 Å². The molecule has 19 heavy (non-hydrogen) atoms. The summed E-state index contributed by atoms with van der Waals surface area (Å²) in [7, 11) is 0. The summed E-state index contributed by atoms with van der Waals surface area (Å²) in [6.45, 7) is 0.672. The van der Waals surface area contributed by atoms with Crippen molar-refractivity contribution in [3.8, 4) is 0 Å². The fraction of sp³-hybridized carbons (Fsp3) is 0.294. The zero-order valence-corrected chi connectivity index (χ0v) is 11.8. The van der Waals surface area contributed by atoms with E-state index < -0.39 is 0 Å². The summed E-state index contributed by atoms with van der Waals surface area (Å²) >= 11 is 1.88. The van der Waals surface area contributed by atoms with Crippen LogP contribution in [0, 0.1) is 0 Å². The molecule has 2 aromatic rings. The highest BCUT2D eigenvalue weighted by molar-refractivity contribution is 7.99. The van der Waals surface area contributed by atoms with Crippen molar-refractivity contribution in [1.82, 2.24) is 0 Å². The Morgan fingerprint density at radius 2 is 1.79 bits per heavy atom. The number of benzene rings is 2. The fourth-order valence-corrected chi connectivity index (χ4v) is 3.78. The number of thioether (sulfide) groups is 1. The number of fused-ring (bicyclic) bond motifs is 1. The Balaban J connectivity index is 1.80. The van der Waals surface area contributed by atoms with Crippen molar-refractivity contribution in [1.29, 1.82) is 0 Å². The van der Waals surface area contributed by atoms with E-state index in [2.05, 4.69) is 48.5 Å². The molecule has 0 radical (unpaired) electrons. The quantitative estimate of drug-likeness (QED) is 0.850. The average molecular weight is 269 g/mol. The molecule has 1 atom stereocenters. The van der Waals surface area contributed by atoms with Crippen LogP contribution in [-0.2, 0) is 12.8 Å². The summed E-state index contributed by atoms with van der Waals surface area (Å²) in [5, 5.41) is 0.348. The normalized spacial score (nSPS) is 15.2. The van der Waals surface area contributed by atoms with Gasteiger partial charge in [0, 0.05) is 16.7 Å². The van der Waals surface area contributed by atoms with Crippen LogP contribution in [0.15, 0.2) is 53.4 Å².